The summed E-state index contributed by atoms with van der Waals surface area (Å²) >= 11 is 5.25. The highest BCUT2D eigenvalue weighted by molar-refractivity contribution is 7.80. The van der Waals surface area contributed by atoms with Crippen LogP contribution in [0.3, 0.4) is 0 Å². The third-order valence-electron chi connectivity index (χ3n) is 5.45. The topological polar surface area (TPSA) is 67.2 Å². The Kier molecular flexibility index (Phi) is 6.95. The monoisotopic (exact) mass is 455 g/mol. The maximum Gasteiger partial charge on any atom is 0.250 e. The number of anilines is 1. The summed E-state index contributed by atoms with van der Waals surface area (Å²) in [6.45, 7) is 4.39. The van der Waals surface area contributed by atoms with Crippen molar-refractivity contribution in [1.29, 1.82) is 0 Å². The molecule has 1 unspecified atom stereocenters. The number of aromatic nitrogens is 1. The zero-order valence-electron chi connectivity index (χ0n) is 18.5. The fourth-order valence-corrected chi connectivity index (χ4v) is 3.58. The van der Waals surface area contributed by atoms with E-state index in [4.69, 9.17) is 16.6 Å². The molecule has 1 heterocycles. The lowest BCUT2D eigenvalue weighted by molar-refractivity contribution is -0.115. The molecule has 0 aliphatic carbocycles. The molecule has 0 radical (unpaired) electrons. The van der Waals surface area contributed by atoms with Crippen LogP contribution in [-0.4, -0.2) is 16.0 Å². The first-order valence-corrected chi connectivity index (χ1v) is 11.3. The van der Waals surface area contributed by atoms with Crippen molar-refractivity contribution < 1.29 is 9.21 Å². The van der Waals surface area contributed by atoms with Gasteiger partial charge in [-0.05, 0) is 78.2 Å². The van der Waals surface area contributed by atoms with Crippen LogP contribution in [-0.2, 0) is 4.79 Å². The van der Waals surface area contributed by atoms with Gasteiger partial charge in [0.2, 0.25) is 11.8 Å². The van der Waals surface area contributed by atoms with Crippen LogP contribution in [0.4, 0.5) is 5.69 Å². The first-order valence-electron chi connectivity index (χ1n) is 10.9. The van der Waals surface area contributed by atoms with Crippen molar-refractivity contribution in [2.75, 3.05) is 5.32 Å². The number of thiocarbonyl (C=S) groups is 1. The number of rotatable bonds is 6. The van der Waals surface area contributed by atoms with Crippen LogP contribution in [0, 0.1) is 0 Å². The van der Waals surface area contributed by atoms with Gasteiger partial charge in [0.25, 0.3) is 0 Å². The number of fused-ring (bicyclic) bond motifs is 1. The molecule has 0 fully saturated rings. The SMILES string of the molecule is CCC(C)c1ccc2oc(-c3ccc(NC(=S)NC(=O)/C=C/c4ccccc4)cc3)nc2c1. The standard InChI is InChI=1S/C27H25N3O2S/c1-3-18(2)21-12-15-24-23(17-21)29-26(32-24)20-10-13-22(14-11-20)28-27(33)30-25(31)16-9-19-7-5-4-6-8-19/h4-18H,3H2,1-2H3,(H2,28,30,31,33)/b16-9+. The molecule has 0 spiro atoms. The van der Waals surface area contributed by atoms with E-state index in [-0.39, 0.29) is 11.0 Å². The Balaban J connectivity index is 1.38. The molecule has 4 aromatic rings. The summed E-state index contributed by atoms with van der Waals surface area (Å²) in [5, 5.41) is 5.89. The molecule has 0 aliphatic rings. The summed E-state index contributed by atoms with van der Waals surface area (Å²) in [6, 6.07) is 23.3. The van der Waals surface area contributed by atoms with Crippen LogP contribution < -0.4 is 10.6 Å². The zero-order valence-corrected chi connectivity index (χ0v) is 19.4. The Labute approximate surface area is 198 Å². The predicted octanol–water partition coefficient (Wildman–Crippen LogP) is 6.53. The minimum absolute atomic E-state index is 0.227. The third kappa shape index (κ3) is 5.73. The Hall–Kier alpha value is -3.77. The number of benzene rings is 3. The maximum atomic E-state index is 12.1. The molecule has 2 N–H and O–H groups in total. The van der Waals surface area contributed by atoms with Crippen molar-refractivity contribution in [2.45, 2.75) is 26.2 Å². The average Bonchev–Trinajstić information content (AvgIpc) is 3.26. The van der Waals surface area contributed by atoms with Gasteiger partial charge < -0.3 is 9.73 Å². The summed E-state index contributed by atoms with van der Waals surface area (Å²) < 4.78 is 5.94. The highest BCUT2D eigenvalue weighted by Gasteiger charge is 2.11. The lowest BCUT2D eigenvalue weighted by atomic mass is 9.98. The van der Waals surface area contributed by atoms with Crippen molar-refractivity contribution in [1.82, 2.24) is 10.3 Å². The Bertz CT molecular complexity index is 1290. The van der Waals surface area contributed by atoms with E-state index in [0.717, 1.165) is 34.3 Å². The van der Waals surface area contributed by atoms with Crippen LogP contribution in [0.5, 0.6) is 0 Å². The molecule has 1 atom stereocenters. The van der Waals surface area contributed by atoms with Gasteiger partial charge in [-0.2, -0.15) is 0 Å². The summed E-state index contributed by atoms with van der Waals surface area (Å²) in [4.78, 5) is 16.7. The molecule has 0 aliphatic heterocycles. The zero-order chi connectivity index (χ0) is 23.2. The minimum atomic E-state index is -0.295. The van der Waals surface area contributed by atoms with Crippen molar-refractivity contribution >= 4 is 46.1 Å². The lowest BCUT2D eigenvalue weighted by Crippen LogP contribution is -2.32. The molecular formula is C27H25N3O2S. The highest BCUT2D eigenvalue weighted by Crippen LogP contribution is 2.28. The number of nitrogens with one attached hydrogen (secondary N) is 2. The summed E-state index contributed by atoms with van der Waals surface area (Å²) in [6.07, 6.45) is 4.27. The molecule has 0 bridgehead atoms. The molecule has 0 saturated carbocycles. The summed E-state index contributed by atoms with van der Waals surface area (Å²) in [5.41, 5.74) is 5.45. The van der Waals surface area contributed by atoms with Gasteiger partial charge >= 0.3 is 0 Å². The smallest absolute Gasteiger partial charge is 0.250 e. The second kappa shape index (κ2) is 10.2. The van der Waals surface area contributed by atoms with E-state index in [1.165, 1.54) is 11.6 Å². The molecule has 1 aromatic heterocycles. The molecule has 0 saturated heterocycles. The Morgan fingerprint density at radius 3 is 2.58 bits per heavy atom. The van der Waals surface area contributed by atoms with Gasteiger partial charge in [-0.3, -0.25) is 10.1 Å². The third-order valence-corrected chi connectivity index (χ3v) is 5.65. The number of oxazole rings is 1. The van der Waals surface area contributed by atoms with E-state index < -0.39 is 0 Å². The molecule has 166 valence electrons. The molecule has 5 nitrogen and oxygen atoms in total. The summed E-state index contributed by atoms with van der Waals surface area (Å²) in [7, 11) is 0. The number of hydrogen-bond acceptors (Lipinski definition) is 4. The first-order chi connectivity index (χ1) is 16.0. The van der Waals surface area contributed by atoms with Gasteiger partial charge in [0.05, 0.1) is 0 Å². The number of carbonyl (C=O) groups excluding carboxylic acids is 1. The average molecular weight is 456 g/mol. The number of hydrogen-bond donors (Lipinski definition) is 2. The molecular weight excluding hydrogens is 430 g/mol. The normalized spacial score (nSPS) is 12.1. The molecule has 4 rings (SSSR count). The van der Waals surface area contributed by atoms with Crippen molar-refractivity contribution in [3.8, 4) is 11.5 Å². The lowest BCUT2D eigenvalue weighted by Gasteiger charge is -2.08. The van der Waals surface area contributed by atoms with Crippen LogP contribution in [0.2, 0.25) is 0 Å². The number of nitrogens with zero attached hydrogens (tertiary/aromatic N) is 1. The second-order valence-corrected chi connectivity index (χ2v) is 8.23. The van der Waals surface area contributed by atoms with E-state index in [1.54, 1.807) is 6.08 Å². The van der Waals surface area contributed by atoms with Gasteiger partial charge in [-0.25, -0.2) is 4.98 Å². The van der Waals surface area contributed by atoms with Crippen LogP contribution in [0.1, 0.15) is 37.3 Å². The van der Waals surface area contributed by atoms with Gasteiger partial charge in [0.15, 0.2) is 10.7 Å². The van der Waals surface area contributed by atoms with E-state index >= 15 is 0 Å². The quantitative estimate of drug-likeness (QED) is 0.255. The number of amides is 1. The highest BCUT2D eigenvalue weighted by atomic mass is 32.1. The maximum absolute atomic E-state index is 12.1. The van der Waals surface area contributed by atoms with E-state index in [1.807, 2.05) is 60.7 Å². The van der Waals surface area contributed by atoms with Crippen molar-refractivity contribution in [3.05, 3.63) is 90.0 Å². The van der Waals surface area contributed by atoms with E-state index in [2.05, 4.69) is 41.6 Å². The van der Waals surface area contributed by atoms with Crippen molar-refractivity contribution in [2.24, 2.45) is 0 Å². The van der Waals surface area contributed by atoms with E-state index in [0.29, 0.717) is 11.8 Å². The van der Waals surface area contributed by atoms with E-state index in [9.17, 15) is 4.79 Å². The van der Waals surface area contributed by atoms with Gasteiger partial charge in [-0.1, -0.05) is 50.2 Å². The van der Waals surface area contributed by atoms with Gasteiger partial charge in [0.1, 0.15) is 5.52 Å². The minimum Gasteiger partial charge on any atom is -0.436 e. The summed E-state index contributed by atoms with van der Waals surface area (Å²) in [5.74, 6) is 0.758. The molecule has 6 heteroatoms. The van der Waals surface area contributed by atoms with Crippen LogP contribution in [0.25, 0.3) is 28.6 Å². The second-order valence-electron chi connectivity index (χ2n) is 7.82. The number of carbonyl (C=O) groups is 1. The Morgan fingerprint density at radius 1 is 1.09 bits per heavy atom. The van der Waals surface area contributed by atoms with Crippen LogP contribution in [0.15, 0.2) is 83.3 Å². The molecule has 1 amide bonds. The van der Waals surface area contributed by atoms with Gasteiger partial charge in [0, 0.05) is 17.3 Å². The van der Waals surface area contributed by atoms with Crippen molar-refractivity contribution in [3.63, 3.8) is 0 Å². The fourth-order valence-electron chi connectivity index (χ4n) is 3.36. The largest absolute Gasteiger partial charge is 0.436 e. The molecule has 33 heavy (non-hydrogen) atoms. The molecule has 3 aromatic carbocycles. The fraction of sp³-hybridized carbons (Fsp3) is 0.148. The van der Waals surface area contributed by atoms with Gasteiger partial charge in [-0.15, -0.1) is 0 Å². The van der Waals surface area contributed by atoms with Crippen LogP contribution >= 0.6 is 12.2 Å². The predicted molar refractivity (Wildman–Crippen MR) is 138 cm³/mol. The first kappa shape index (κ1) is 22.4. The Morgan fingerprint density at radius 2 is 1.85 bits per heavy atom.